The van der Waals surface area contributed by atoms with Crippen LogP contribution in [0.2, 0.25) is 0 Å². The summed E-state index contributed by atoms with van der Waals surface area (Å²) in [5, 5.41) is 17.7. The first kappa shape index (κ1) is 21.7. The van der Waals surface area contributed by atoms with Gasteiger partial charge in [0, 0.05) is 5.56 Å². The average molecular weight is 455 g/mol. The van der Waals surface area contributed by atoms with E-state index in [-0.39, 0.29) is 16.4 Å². The van der Waals surface area contributed by atoms with Gasteiger partial charge >= 0.3 is 0 Å². The predicted octanol–water partition coefficient (Wildman–Crippen LogP) is 4.28. The fourth-order valence-corrected chi connectivity index (χ4v) is 4.01. The zero-order valence-corrected chi connectivity index (χ0v) is 18.1. The first-order chi connectivity index (χ1) is 16.0. The molecule has 162 valence electrons. The highest BCUT2D eigenvalue weighted by Gasteiger charge is 2.13. The van der Waals surface area contributed by atoms with E-state index < -0.39 is 10.0 Å². The molecule has 0 unspecified atom stereocenters. The maximum Gasteiger partial charge on any atom is 0.276 e. The number of nitrogens with one attached hydrogen (secondary N) is 2. The molecule has 1 amide bonds. The largest absolute Gasteiger partial charge is 0.321 e. The number of carbonyl (C=O) groups is 1. The summed E-state index contributed by atoms with van der Waals surface area (Å²) in [7, 11) is -3.86. The first-order valence-corrected chi connectivity index (χ1v) is 11.4. The molecule has 33 heavy (non-hydrogen) atoms. The molecule has 0 radical (unpaired) electrons. The van der Waals surface area contributed by atoms with E-state index in [1.54, 1.807) is 54.6 Å². The van der Waals surface area contributed by atoms with Crippen LogP contribution in [0.15, 0.2) is 101 Å². The van der Waals surface area contributed by atoms with Crippen molar-refractivity contribution in [2.24, 2.45) is 5.10 Å². The number of hydrogen-bond acceptors (Lipinski definition) is 5. The Bertz CT molecular complexity index is 1510. The number of hydrazone groups is 1. The third-order valence-corrected chi connectivity index (χ3v) is 6.09. The van der Waals surface area contributed by atoms with Crippen LogP contribution in [0.5, 0.6) is 0 Å². The van der Waals surface area contributed by atoms with E-state index in [4.69, 9.17) is 0 Å². The number of carbonyl (C=O) groups excluding carboxylic acids is 1. The molecule has 0 aliphatic heterocycles. The van der Waals surface area contributed by atoms with Gasteiger partial charge in [0.2, 0.25) is 0 Å². The second-order valence-electron chi connectivity index (χ2n) is 7.10. The van der Waals surface area contributed by atoms with Crippen LogP contribution >= 0.6 is 0 Å². The van der Waals surface area contributed by atoms with Crippen molar-refractivity contribution >= 4 is 38.6 Å². The van der Waals surface area contributed by atoms with Gasteiger partial charge in [-0.2, -0.15) is 18.8 Å². The van der Waals surface area contributed by atoms with E-state index in [0.29, 0.717) is 16.8 Å². The Balaban J connectivity index is 1.48. The SMILES string of the molecule is N#Cc1cc(/C=N/NS(=O)(=O)c2ccc3ccccc3c2)ccc1NC(=O)c1ccccc1. The Morgan fingerprint density at radius 3 is 2.36 bits per heavy atom. The van der Waals surface area contributed by atoms with Crippen molar-refractivity contribution < 1.29 is 13.2 Å². The van der Waals surface area contributed by atoms with Crippen molar-refractivity contribution in [2.75, 3.05) is 5.32 Å². The average Bonchev–Trinajstić information content (AvgIpc) is 2.85. The molecule has 0 aliphatic rings. The topological polar surface area (TPSA) is 111 Å². The van der Waals surface area contributed by atoms with Crippen molar-refractivity contribution in [3.63, 3.8) is 0 Å². The minimum atomic E-state index is -3.86. The molecule has 0 heterocycles. The van der Waals surface area contributed by atoms with Gasteiger partial charge in [0.25, 0.3) is 15.9 Å². The number of sulfonamides is 1. The Morgan fingerprint density at radius 2 is 1.61 bits per heavy atom. The van der Waals surface area contributed by atoms with Gasteiger partial charge in [-0.05, 0) is 52.7 Å². The third-order valence-electron chi connectivity index (χ3n) is 4.87. The molecule has 2 N–H and O–H groups in total. The molecule has 0 bridgehead atoms. The molecule has 0 spiro atoms. The van der Waals surface area contributed by atoms with Crippen LogP contribution in [0.25, 0.3) is 10.8 Å². The molecule has 0 saturated heterocycles. The van der Waals surface area contributed by atoms with E-state index in [2.05, 4.69) is 15.2 Å². The van der Waals surface area contributed by atoms with Crippen LogP contribution in [0, 0.1) is 11.3 Å². The zero-order valence-electron chi connectivity index (χ0n) is 17.3. The first-order valence-electron chi connectivity index (χ1n) is 9.90. The predicted molar refractivity (Wildman–Crippen MR) is 127 cm³/mol. The summed E-state index contributed by atoms with van der Waals surface area (Å²) in [5.74, 6) is -0.336. The highest BCUT2D eigenvalue weighted by molar-refractivity contribution is 7.89. The van der Waals surface area contributed by atoms with Crippen LogP contribution in [0.3, 0.4) is 0 Å². The van der Waals surface area contributed by atoms with Gasteiger partial charge in [-0.25, -0.2) is 4.83 Å². The quantitative estimate of drug-likeness (QED) is 0.335. The van der Waals surface area contributed by atoms with Gasteiger partial charge in [0.15, 0.2) is 0 Å². The van der Waals surface area contributed by atoms with Gasteiger partial charge < -0.3 is 5.32 Å². The molecule has 7 nitrogen and oxygen atoms in total. The van der Waals surface area contributed by atoms with Crippen LogP contribution in [-0.2, 0) is 10.0 Å². The molecule has 0 aromatic heterocycles. The van der Waals surface area contributed by atoms with Crippen molar-refractivity contribution in [3.05, 3.63) is 108 Å². The summed E-state index contributed by atoms with van der Waals surface area (Å²) in [6.45, 7) is 0. The summed E-state index contributed by atoms with van der Waals surface area (Å²) in [6, 6.07) is 27.6. The highest BCUT2D eigenvalue weighted by atomic mass is 32.2. The summed E-state index contributed by atoms with van der Waals surface area (Å²) < 4.78 is 25.1. The minimum absolute atomic E-state index is 0.0926. The second-order valence-corrected chi connectivity index (χ2v) is 8.76. The number of anilines is 1. The van der Waals surface area contributed by atoms with E-state index in [0.717, 1.165) is 10.8 Å². The molecular formula is C25H18N4O3S. The fourth-order valence-electron chi connectivity index (χ4n) is 3.19. The molecule has 0 atom stereocenters. The molecule has 8 heteroatoms. The summed E-state index contributed by atoms with van der Waals surface area (Å²) in [6.07, 6.45) is 1.29. The number of benzene rings is 4. The molecule has 0 aliphatic carbocycles. The molecular weight excluding hydrogens is 436 g/mol. The molecule has 0 saturated carbocycles. The zero-order chi connectivity index (χ0) is 23.3. The molecule has 4 aromatic carbocycles. The van der Waals surface area contributed by atoms with Crippen LogP contribution < -0.4 is 10.1 Å². The van der Waals surface area contributed by atoms with Gasteiger partial charge in [-0.1, -0.05) is 54.6 Å². The third kappa shape index (κ3) is 5.06. The van der Waals surface area contributed by atoms with Crippen molar-refractivity contribution in [2.45, 2.75) is 4.90 Å². The minimum Gasteiger partial charge on any atom is -0.321 e. The second kappa shape index (κ2) is 9.34. The summed E-state index contributed by atoms with van der Waals surface area (Å²) in [4.78, 5) is 14.6. The Labute approximate surface area is 191 Å². The van der Waals surface area contributed by atoms with E-state index >= 15 is 0 Å². The van der Waals surface area contributed by atoms with Crippen molar-refractivity contribution in [1.82, 2.24) is 4.83 Å². The van der Waals surface area contributed by atoms with Gasteiger partial charge in [-0.3, -0.25) is 4.79 Å². The van der Waals surface area contributed by atoms with E-state index in [1.807, 2.05) is 30.3 Å². The normalized spacial score (nSPS) is 11.2. The molecule has 4 rings (SSSR count). The number of nitriles is 1. The highest BCUT2D eigenvalue weighted by Crippen LogP contribution is 2.19. The van der Waals surface area contributed by atoms with Crippen molar-refractivity contribution in [3.8, 4) is 6.07 Å². The Morgan fingerprint density at radius 1 is 0.879 bits per heavy atom. The van der Waals surface area contributed by atoms with Gasteiger partial charge in [0.05, 0.1) is 22.4 Å². The monoisotopic (exact) mass is 454 g/mol. The Hall–Kier alpha value is -4.48. The lowest BCUT2D eigenvalue weighted by Gasteiger charge is -2.08. The van der Waals surface area contributed by atoms with E-state index in [9.17, 15) is 18.5 Å². The molecule has 4 aromatic rings. The maximum atomic E-state index is 12.6. The van der Waals surface area contributed by atoms with Gasteiger partial charge in [-0.15, -0.1) is 0 Å². The number of rotatable bonds is 6. The lowest BCUT2D eigenvalue weighted by Crippen LogP contribution is -2.18. The smallest absolute Gasteiger partial charge is 0.276 e. The van der Waals surface area contributed by atoms with E-state index in [1.165, 1.54) is 18.3 Å². The number of hydrogen-bond donors (Lipinski definition) is 2. The van der Waals surface area contributed by atoms with Crippen LogP contribution in [-0.4, -0.2) is 20.5 Å². The summed E-state index contributed by atoms with van der Waals surface area (Å²) >= 11 is 0. The summed E-state index contributed by atoms with van der Waals surface area (Å²) in [5.41, 5.74) is 1.53. The number of fused-ring (bicyclic) bond motifs is 1. The number of amides is 1. The lowest BCUT2D eigenvalue weighted by molar-refractivity contribution is 0.102. The standard InChI is InChI=1S/C25H18N4O3S/c26-16-22-14-18(10-13-24(22)28-25(30)20-7-2-1-3-8-20)17-27-29-33(31,32)23-12-11-19-6-4-5-9-21(19)15-23/h1-15,17,29H,(H,28,30)/b27-17+. The fraction of sp³-hybridized carbons (Fsp3) is 0. The number of nitrogens with zero attached hydrogens (tertiary/aromatic N) is 2. The van der Waals surface area contributed by atoms with Gasteiger partial charge in [0.1, 0.15) is 6.07 Å². The lowest BCUT2D eigenvalue weighted by atomic mass is 10.1. The van der Waals surface area contributed by atoms with Crippen molar-refractivity contribution in [1.29, 1.82) is 5.26 Å². The van der Waals surface area contributed by atoms with Crippen LogP contribution in [0.1, 0.15) is 21.5 Å². The van der Waals surface area contributed by atoms with Crippen LogP contribution in [0.4, 0.5) is 5.69 Å². The Kier molecular flexibility index (Phi) is 6.15. The maximum absolute atomic E-state index is 12.6. The molecule has 0 fully saturated rings.